The molecule has 2 heteroatoms. The summed E-state index contributed by atoms with van der Waals surface area (Å²) >= 11 is 0. The van der Waals surface area contributed by atoms with Gasteiger partial charge in [-0.2, -0.15) is 0 Å². The molecule has 0 amide bonds. The van der Waals surface area contributed by atoms with Crippen LogP contribution in [0.2, 0.25) is 0 Å². The largest absolute Gasteiger partial charge is 0.309 e. The second-order valence-corrected chi connectivity index (χ2v) is 3.55. The fraction of sp³-hybridized carbons (Fsp3) is 0.333. The third kappa shape index (κ3) is 4.19. The molecule has 0 N–H and O–H groups in total. The zero-order valence-corrected chi connectivity index (χ0v) is 8.70. The molecule has 1 aromatic carbocycles. The second-order valence-electron chi connectivity index (χ2n) is 3.55. The van der Waals surface area contributed by atoms with Gasteiger partial charge in [-0.1, -0.05) is 24.3 Å². The first kappa shape index (κ1) is 10.9. The van der Waals surface area contributed by atoms with E-state index in [1.54, 1.807) is 12.1 Å². The van der Waals surface area contributed by atoms with Crippen molar-refractivity contribution < 1.29 is 4.39 Å². The van der Waals surface area contributed by atoms with Gasteiger partial charge in [-0.3, -0.25) is 0 Å². The Hall–Kier alpha value is -1.15. The molecule has 0 fully saturated rings. The van der Waals surface area contributed by atoms with Gasteiger partial charge in [0, 0.05) is 6.54 Å². The van der Waals surface area contributed by atoms with Crippen LogP contribution in [0.4, 0.5) is 4.39 Å². The number of hydrogen-bond donors (Lipinski definition) is 0. The number of halogens is 1. The molecule has 0 aliphatic rings. The highest BCUT2D eigenvalue weighted by Gasteiger charge is 1.89. The summed E-state index contributed by atoms with van der Waals surface area (Å²) in [5, 5.41) is 0. The van der Waals surface area contributed by atoms with Crippen molar-refractivity contribution in [3.05, 3.63) is 41.7 Å². The van der Waals surface area contributed by atoms with E-state index in [0.717, 1.165) is 18.5 Å². The molecule has 0 spiro atoms. The fourth-order valence-corrected chi connectivity index (χ4v) is 1.13. The van der Waals surface area contributed by atoms with Crippen LogP contribution in [-0.2, 0) is 0 Å². The van der Waals surface area contributed by atoms with Crippen LogP contribution in [-0.4, -0.2) is 25.5 Å². The first-order valence-electron chi connectivity index (χ1n) is 4.75. The minimum atomic E-state index is -0.185. The lowest BCUT2D eigenvalue weighted by atomic mass is 10.2. The standard InChI is InChI=1S/C12H16FN/c1-14(2)10-4-3-5-11-6-8-12(13)9-7-11/h3,5-9H,4,10H2,1-2H3/b5-3+. The highest BCUT2D eigenvalue weighted by Crippen LogP contribution is 2.05. The van der Waals surface area contributed by atoms with Crippen molar-refractivity contribution in [3.8, 4) is 0 Å². The molecule has 0 atom stereocenters. The van der Waals surface area contributed by atoms with Crippen molar-refractivity contribution >= 4 is 6.08 Å². The fourth-order valence-electron chi connectivity index (χ4n) is 1.13. The third-order valence-electron chi connectivity index (χ3n) is 1.92. The molecule has 0 aromatic heterocycles. The zero-order valence-electron chi connectivity index (χ0n) is 8.70. The van der Waals surface area contributed by atoms with Gasteiger partial charge in [-0.15, -0.1) is 0 Å². The van der Waals surface area contributed by atoms with E-state index in [1.165, 1.54) is 12.1 Å². The zero-order chi connectivity index (χ0) is 10.4. The Morgan fingerprint density at radius 3 is 2.43 bits per heavy atom. The molecule has 76 valence electrons. The molecule has 1 rings (SSSR count). The highest BCUT2D eigenvalue weighted by atomic mass is 19.1. The summed E-state index contributed by atoms with van der Waals surface area (Å²) in [6, 6.07) is 6.51. The second kappa shape index (κ2) is 5.55. The molecule has 0 aliphatic carbocycles. The molecule has 1 aromatic rings. The maximum atomic E-state index is 12.6. The van der Waals surface area contributed by atoms with Gasteiger partial charge in [0.25, 0.3) is 0 Å². The highest BCUT2D eigenvalue weighted by molar-refractivity contribution is 5.48. The Bertz CT molecular complexity index is 288. The van der Waals surface area contributed by atoms with Gasteiger partial charge < -0.3 is 4.90 Å². The first-order chi connectivity index (χ1) is 6.68. The topological polar surface area (TPSA) is 3.24 Å². The lowest BCUT2D eigenvalue weighted by molar-refractivity contribution is 0.417. The summed E-state index contributed by atoms with van der Waals surface area (Å²) < 4.78 is 12.6. The SMILES string of the molecule is CN(C)CC/C=C/c1ccc(F)cc1. The predicted molar refractivity (Wildman–Crippen MR) is 58.6 cm³/mol. The van der Waals surface area contributed by atoms with Crippen LogP contribution >= 0.6 is 0 Å². The quantitative estimate of drug-likeness (QED) is 0.710. The average molecular weight is 193 g/mol. The Balaban J connectivity index is 2.40. The Morgan fingerprint density at radius 1 is 1.21 bits per heavy atom. The van der Waals surface area contributed by atoms with Crippen molar-refractivity contribution in [1.29, 1.82) is 0 Å². The Morgan fingerprint density at radius 2 is 1.86 bits per heavy atom. The number of benzene rings is 1. The minimum absolute atomic E-state index is 0.185. The molecule has 14 heavy (non-hydrogen) atoms. The molecule has 0 bridgehead atoms. The van der Waals surface area contributed by atoms with Gasteiger partial charge in [0.2, 0.25) is 0 Å². The van der Waals surface area contributed by atoms with E-state index in [0.29, 0.717) is 0 Å². The van der Waals surface area contributed by atoms with Crippen molar-refractivity contribution in [2.24, 2.45) is 0 Å². The summed E-state index contributed by atoms with van der Waals surface area (Å²) in [4.78, 5) is 2.13. The van der Waals surface area contributed by atoms with Crippen molar-refractivity contribution in [1.82, 2.24) is 4.90 Å². The number of rotatable bonds is 4. The third-order valence-corrected chi connectivity index (χ3v) is 1.92. The maximum Gasteiger partial charge on any atom is 0.123 e. The summed E-state index contributed by atoms with van der Waals surface area (Å²) in [5.74, 6) is -0.185. The molecule has 0 heterocycles. The summed E-state index contributed by atoms with van der Waals surface area (Å²) in [5.41, 5.74) is 1.05. The van der Waals surface area contributed by atoms with Gasteiger partial charge >= 0.3 is 0 Å². The molecular weight excluding hydrogens is 177 g/mol. The number of hydrogen-bond acceptors (Lipinski definition) is 1. The van der Waals surface area contributed by atoms with Crippen LogP contribution in [0.25, 0.3) is 6.08 Å². The molecular formula is C12H16FN. The monoisotopic (exact) mass is 193 g/mol. The van der Waals surface area contributed by atoms with Crippen molar-refractivity contribution in [2.75, 3.05) is 20.6 Å². The van der Waals surface area contributed by atoms with Crippen LogP contribution in [0.1, 0.15) is 12.0 Å². The smallest absolute Gasteiger partial charge is 0.123 e. The predicted octanol–water partition coefficient (Wildman–Crippen LogP) is 2.79. The lowest BCUT2D eigenvalue weighted by Gasteiger charge is -2.05. The number of nitrogens with zero attached hydrogens (tertiary/aromatic N) is 1. The maximum absolute atomic E-state index is 12.6. The summed E-state index contributed by atoms with van der Waals surface area (Å²) in [7, 11) is 4.09. The van der Waals surface area contributed by atoms with Crippen LogP contribution in [0.15, 0.2) is 30.3 Å². The van der Waals surface area contributed by atoms with Crippen LogP contribution in [0.5, 0.6) is 0 Å². The Labute approximate surface area is 84.9 Å². The van der Waals surface area contributed by atoms with E-state index in [4.69, 9.17) is 0 Å². The van der Waals surface area contributed by atoms with Gasteiger partial charge in [-0.05, 0) is 38.2 Å². The van der Waals surface area contributed by atoms with Crippen LogP contribution in [0, 0.1) is 5.82 Å². The van der Waals surface area contributed by atoms with Gasteiger partial charge in [0.1, 0.15) is 5.82 Å². The van der Waals surface area contributed by atoms with E-state index in [1.807, 2.05) is 20.2 Å². The van der Waals surface area contributed by atoms with Crippen LogP contribution < -0.4 is 0 Å². The minimum Gasteiger partial charge on any atom is -0.309 e. The molecule has 1 nitrogen and oxygen atoms in total. The Kier molecular flexibility index (Phi) is 4.33. The van der Waals surface area contributed by atoms with E-state index in [-0.39, 0.29) is 5.82 Å². The first-order valence-corrected chi connectivity index (χ1v) is 4.75. The molecule has 0 unspecified atom stereocenters. The van der Waals surface area contributed by atoms with Gasteiger partial charge in [-0.25, -0.2) is 4.39 Å². The van der Waals surface area contributed by atoms with Crippen molar-refractivity contribution in [3.63, 3.8) is 0 Å². The van der Waals surface area contributed by atoms with Gasteiger partial charge in [0.15, 0.2) is 0 Å². The van der Waals surface area contributed by atoms with E-state index < -0.39 is 0 Å². The van der Waals surface area contributed by atoms with E-state index >= 15 is 0 Å². The summed E-state index contributed by atoms with van der Waals surface area (Å²) in [6.45, 7) is 1.04. The van der Waals surface area contributed by atoms with Gasteiger partial charge in [0.05, 0.1) is 0 Å². The summed E-state index contributed by atoms with van der Waals surface area (Å²) in [6.07, 6.45) is 5.14. The van der Waals surface area contributed by atoms with Crippen molar-refractivity contribution in [2.45, 2.75) is 6.42 Å². The molecule has 0 saturated heterocycles. The average Bonchev–Trinajstić information content (AvgIpc) is 2.15. The lowest BCUT2D eigenvalue weighted by Crippen LogP contribution is -2.11. The van der Waals surface area contributed by atoms with E-state index in [9.17, 15) is 4.39 Å². The normalized spacial score (nSPS) is 11.4. The molecule has 0 saturated carbocycles. The van der Waals surface area contributed by atoms with E-state index in [2.05, 4.69) is 11.0 Å². The molecule has 0 aliphatic heterocycles. The molecule has 0 radical (unpaired) electrons. The van der Waals surface area contributed by atoms with Crippen LogP contribution in [0.3, 0.4) is 0 Å².